The molecule has 0 aliphatic heterocycles. The Labute approximate surface area is 110 Å². The predicted octanol–water partition coefficient (Wildman–Crippen LogP) is 2.20. The Balaban J connectivity index is 1.71. The van der Waals surface area contributed by atoms with Gasteiger partial charge < -0.3 is 14.6 Å². The first-order valence-corrected chi connectivity index (χ1v) is 7.09. The average molecular weight is 251 g/mol. The average Bonchev–Trinajstić information content (AvgIpc) is 2.84. The lowest BCUT2D eigenvalue weighted by molar-refractivity contribution is 0.199. The lowest BCUT2D eigenvalue weighted by atomic mass is 9.89. The zero-order chi connectivity index (χ0) is 12.6. The molecule has 1 fully saturated rings. The van der Waals surface area contributed by atoms with Crippen molar-refractivity contribution in [3.05, 3.63) is 18.2 Å². The Bertz CT molecular complexity index is 332. The number of ether oxygens (including phenoxy) is 1. The van der Waals surface area contributed by atoms with E-state index in [1.165, 1.54) is 32.1 Å². The number of rotatable bonds is 7. The monoisotopic (exact) mass is 251 g/mol. The van der Waals surface area contributed by atoms with Gasteiger partial charge in [-0.1, -0.05) is 19.3 Å². The van der Waals surface area contributed by atoms with Crippen molar-refractivity contribution in [2.24, 2.45) is 5.92 Å². The van der Waals surface area contributed by atoms with E-state index in [1.54, 1.807) is 7.11 Å². The molecule has 0 unspecified atom stereocenters. The van der Waals surface area contributed by atoms with Crippen molar-refractivity contribution in [1.29, 1.82) is 0 Å². The standard InChI is InChI=1S/C14H25N3O/c1-18-8-7-15-9-14-11-17(12-16-14)10-13-5-3-2-4-6-13/h11-13,15H,2-10H2,1H3. The molecule has 1 heterocycles. The van der Waals surface area contributed by atoms with Gasteiger partial charge in [-0.3, -0.25) is 0 Å². The SMILES string of the molecule is COCCNCc1cn(CC2CCCCC2)cn1. The van der Waals surface area contributed by atoms with Crippen molar-refractivity contribution in [1.82, 2.24) is 14.9 Å². The topological polar surface area (TPSA) is 39.1 Å². The minimum atomic E-state index is 0.753. The lowest BCUT2D eigenvalue weighted by Gasteiger charge is -2.21. The molecule has 1 aromatic rings. The van der Waals surface area contributed by atoms with Crippen molar-refractivity contribution >= 4 is 0 Å². The smallest absolute Gasteiger partial charge is 0.0950 e. The molecule has 18 heavy (non-hydrogen) atoms. The molecule has 0 saturated heterocycles. The maximum absolute atomic E-state index is 5.00. The second kappa shape index (κ2) is 7.54. The fraction of sp³-hybridized carbons (Fsp3) is 0.786. The molecule has 2 rings (SSSR count). The summed E-state index contributed by atoms with van der Waals surface area (Å²) in [6.07, 6.45) is 11.2. The molecule has 1 aromatic heterocycles. The van der Waals surface area contributed by atoms with Gasteiger partial charge in [0, 0.05) is 32.9 Å². The first kappa shape index (κ1) is 13.6. The van der Waals surface area contributed by atoms with Crippen LogP contribution in [-0.2, 0) is 17.8 Å². The van der Waals surface area contributed by atoms with Gasteiger partial charge in [0.15, 0.2) is 0 Å². The van der Waals surface area contributed by atoms with E-state index in [-0.39, 0.29) is 0 Å². The zero-order valence-corrected chi connectivity index (χ0v) is 11.4. The normalized spacial score (nSPS) is 17.2. The van der Waals surface area contributed by atoms with Gasteiger partial charge in [-0.25, -0.2) is 4.98 Å². The summed E-state index contributed by atoms with van der Waals surface area (Å²) in [4.78, 5) is 4.44. The summed E-state index contributed by atoms with van der Waals surface area (Å²) in [5.41, 5.74) is 1.13. The van der Waals surface area contributed by atoms with Gasteiger partial charge in [0.1, 0.15) is 0 Å². The van der Waals surface area contributed by atoms with Crippen LogP contribution in [0.4, 0.5) is 0 Å². The van der Waals surface area contributed by atoms with Crippen LogP contribution < -0.4 is 5.32 Å². The molecule has 0 aromatic carbocycles. The summed E-state index contributed by atoms with van der Waals surface area (Å²) in [5.74, 6) is 0.863. The summed E-state index contributed by atoms with van der Waals surface area (Å²) in [6, 6.07) is 0. The van der Waals surface area contributed by atoms with Crippen LogP contribution >= 0.6 is 0 Å². The van der Waals surface area contributed by atoms with E-state index in [4.69, 9.17) is 4.74 Å². The van der Waals surface area contributed by atoms with Gasteiger partial charge in [0.2, 0.25) is 0 Å². The van der Waals surface area contributed by atoms with Gasteiger partial charge in [0.25, 0.3) is 0 Å². The third kappa shape index (κ3) is 4.42. The minimum absolute atomic E-state index is 0.753. The Morgan fingerprint density at radius 2 is 2.22 bits per heavy atom. The number of aromatic nitrogens is 2. The molecular formula is C14H25N3O. The predicted molar refractivity (Wildman–Crippen MR) is 72.4 cm³/mol. The second-order valence-electron chi connectivity index (χ2n) is 5.24. The van der Waals surface area contributed by atoms with Gasteiger partial charge in [-0.05, 0) is 18.8 Å². The Kier molecular flexibility index (Phi) is 5.68. The highest BCUT2D eigenvalue weighted by Crippen LogP contribution is 2.24. The Morgan fingerprint density at radius 1 is 1.39 bits per heavy atom. The third-order valence-electron chi connectivity index (χ3n) is 3.67. The zero-order valence-electron chi connectivity index (χ0n) is 11.4. The molecule has 0 bridgehead atoms. The number of methoxy groups -OCH3 is 1. The summed E-state index contributed by atoms with van der Waals surface area (Å²) in [7, 11) is 1.72. The van der Waals surface area contributed by atoms with Crippen LogP contribution in [0.25, 0.3) is 0 Å². The Morgan fingerprint density at radius 3 is 3.00 bits per heavy atom. The molecule has 1 saturated carbocycles. The largest absolute Gasteiger partial charge is 0.383 e. The van der Waals surface area contributed by atoms with Gasteiger partial charge >= 0.3 is 0 Å². The van der Waals surface area contributed by atoms with Gasteiger partial charge in [0.05, 0.1) is 18.6 Å². The first-order chi connectivity index (χ1) is 8.88. The fourth-order valence-electron chi connectivity index (χ4n) is 2.66. The van der Waals surface area contributed by atoms with Crippen molar-refractivity contribution in [2.45, 2.75) is 45.2 Å². The highest BCUT2D eigenvalue weighted by molar-refractivity contribution is 4.96. The van der Waals surface area contributed by atoms with Gasteiger partial charge in [-0.15, -0.1) is 0 Å². The third-order valence-corrected chi connectivity index (χ3v) is 3.67. The highest BCUT2D eigenvalue weighted by Gasteiger charge is 2.13. The minimum Gasteiger partial charge on any atom is -0.383 e. The van der Waals surface area contributed by atoms with E-state index in [0.29, 0.717) is 0 Å². The van der Waals surface area contributed by atoms with Crippen molar-refractivity contribution in [3.8, 4) is 0 Å². The Hall–Kier alpha value is -0.870. The van der Waals surface area contributed by atoms with Crippen molar-refractivity contribution < 1.29 is 4.74 Å². The summed E-state index contributed by atoms with van der Waals surface area (Å²) < 4.78 is 7.25. The second-order valence-corrected chi connectivity index (χ2v) is 5.24. The van der Waals surface area contributed by atoms with Crippen LogP contribution in [-0.4, -0.2) is 29.8 Å². The molecule has 1 aliphatic carbocycles. The van der Waals surface area contributed by atoms with Crippen LogP contribution in [0.15, 0.2) is 12.5 Å². The number of hydrogen-bond acceptors (Lipinski definition) is 3. The number of imidazole rings is 1. The maximum atomic E-state index is 5.00. The van der Waals surface area contributed by atoms with Crippen molar-refractivity contribution in [2.75, 3.05) is 20.3 Å². The summed E-state index contributed by atoms with van der Waals surface area (Å²) >= 11 is 0. The molecular weight excluding hydrogens is 226 g/mol. The number of nitrogens with one attached hydrogen (secondary N) is 1. The number of hydrogen-bond donors (Lipinski definition) is 1. The molecule has 102 valence electrons. The quantitative estimate of drug-likeness (QED) is 0.755. The fourth-order valence-corrected chi connectivity index (χ4v) is 2.66. The van der Waals surface area contributed by atoms with Crippen LogP contribution in [0.3, 0.4) is 0 Å². The maximum Gasteiger partial charge on any atom is 0.0950 e. The van der Waals surface area contributed by atoms with Crippen LogP contribution in [0.1, 0.15) is 37.8 Å². The van der Waals surface area contributed by atoms with E-state index < -0.39 is 0 Å². The molecule has 1 aliphatic rings. The summed E-state index contributed by atoms with van der Waals surface area (Å²) in [5, 5.41) is 3.32. The van der Waals surface area contributed by atoms with E-state index in [2.05, 4.69) is 21.1 Å². The molecule has 4 nitrogen and oxygen atoms in total. The molecule has 0 spiro atoms. The molecule has 1 N–H and O–H groups in total. The van der Waals surface area contributed by atoms with E-state index in [1.807, 2.05) is 6.33 Å². The first-order valence-electron chi connectivity index (χ1n) is 7.09. The molecule has 0 radical (unpaired) electrons. The van der Waals surface area contributed by atoms with Gasteiger partial charge in [-0.2, -0.15) is 0 Å². The summed E-state index contributed by atoms with van der Waals surface area (Å²) in [6.45, 7) is 3.61. The molecule has 0 atom stereocenters. The van der Waals surface area contributed by atoms with Crippen LogP contribution in [0.2, 0.25) is 0 Å². The van der Waals surface area contributed by atoms with Crippen LogP contribution in [0.5, 0.6) is 0 Å². The van der Waals surface area contributed by atoms with E-state index >= 15 is 0 Å². The molecule has 0 amide bonds. The van der Waals surface area contributed by atoms with E-state index in [9.17, 15) is 0 Å². The highest BCUT2D eigenvalue weighted by atomic mass is 16.5. The van der Waals surface area contributed by atoms with Crippen LogP contribution in [0, 0.1) is 5.92 Å². The molecule has 4 heteroatoms. The lowest BCUT2D eigenvalue weighted by Crippen LogP contribution is -2.18. The number of nitrogens with zero attached hydrogens (tertiary/aromatic N) is 2. The van der Waals surface area contributed by atoms with E-state index in [0.717, 1.165) is 37.9 Å². The van der Waals surface area contributed by atoms with Crippen molar-refractivity contribution in [3.63, 3.8) is 0 Å².